The van der Waals surface area contributed by atoms with Crippen molar-refractivity contribution in [2.24, 2.45) is 22.9 Å². The van der Waals surface area contributed by atoms with Gasteiger partial charge in [-0.1, -0.05) is 48.5 Å². The fourth-order valence-corrected chi connectivity index (χ4v) is 1.91. The highest BCUT2D eigenvalue weighted by atomic mass is 14.6. The monoisotopic (exact) mass is 272 g/mol. The van der Waals surface area contributed by atoms with E-state index in [0.717, 1.165) is 22.3 Å². The van der Waals surface area contributed by atoms with Crippen LogP contribution in [0.3, 0.4) is 0 Å². The molecule has 0 bridgehead atoms. The summed E-state index contributed by atoms with van der Waals surface area (Å²) in [7, 11) is 0. The summed E-state index contributed by atoms with van der Waals surface area (Å²) in [4.78, 5) is 0. The topological polar surface area (TPSA) is 104 Å². The maximum atomic E-state index is 5.47. The lowest BCUT2D eigenvalue weighted by atomic mass is 10.1. The second-order valence-electron chi connectivity index (χ2n) is 4.35. The lowest BCUT2D eigenvalue weighted by Gasteiger charge is -2.02. The van der Waals surface area contributed by atoms with Crippen LogP contribution >= 0.6 is 0 Å². The second-order valence-corrected chi connectivity index (χ2v) is 4.35. The van der Waals surface area contributed by atoms with Crippen molar-refractivity contribution in [1.29, 1.82) is 0 Å². The Labute approximate surface area is 120 Å². The highest BCUT2D eigenvalue weighted by molar-refractivity contribution is 5.27. The molecule has 0 radical (unpaired) electrons. The van der Waals surface area contributed by atoms with Crippen molar-refractivity contribution in [2.45, 2.75) is 26.2 Å². The van der Waals surface area contributed by atoms with Crippen molar-refractivity contribution in [3.63, 3.8) is 0 Å². The maximum absolute atomic E-state index is 5.47. The van der Waals surface area contributed by atoms with Gasteiger partial charge >= 0.3 is 0 Å². The predicted octanol–water partition coefficient (Wildman–Crippen LogP) is 1.21. The van der Waals surface area contributed by atoms with Gasteiger partial charge in [0.15, 0.2) is 0 Å². The molecule has 2 rings (SSSR count). The highest BCUT2D eigenvalue weighted by Gasteiger charge is 1.95. The summed E-state index contributed by atoms with van der Waals surface area (Å²) in [6.45, 7) is 2.31. The molecule has 0 unspecified atom stereocenters. The van der Waals surface area contributed by atoms with E-state index in [2.05, 4.69) is 0 Å². The average Bonchev–Trinajstić information content (AvgIpc) is 2.55. The number of nitrogens with two attached hydrogens (primary N) is 4. The van der Waals surface area contributed by atoms with Gasteiger partial charge in [-0.3, -0.25) is 0 Å². The number of hydrogen-bond acceptors (Lipinski definition) is 4. The van der Waals surface area contributed by atoms with Gasteiger partial charge in [0, 0.05) is 26.2 Å². The minimum absolute atomic E-state index is 0.577. The largest absolute Gasteiger partial charge is 0.326 e. The first-order valence-corrected chi connectivity index (χ1v) is 6.70. The second kappa shape index (κ2) is 9.23. The quantitative estimate of drug-likeness (QED) is 0.671. The maximum Gasteiger partial charge on any atom is 0.0181 e. The van der Waals surface area contributed by atoms with Gasteiger partial charge in [-0.15, -0.1) is 0 Å². The summed E-state index contributed by atoms with van der Waals surface area (Å²) in [5.74, 6) is 0. The zero-order chi connectivity index (χ0) is 14.8. The van der Waals surface area contributed by atoms with Crippen LogP contribution in [0.25, 0.3) is 0 Å². The molecule has 8 N–H and O–H groups in total. The van der Waals surface area contributed by atoms with Crippen molar-refractivity contribution in [2.75, 3.05) is 0 Å². The van der Waals surface area contributed by atoms with Crippen molar-refractivity contribution in [1.82, 2.24) is 0 Å². The Balaban J connectivity index is 0.000000200. The Bertz CT molecular complexity index is 418. The van der Waals surface area contributed by atoms with Gasteiger partial charge in [-0.05, 0) is 22.3 Å². The van der Waals surface area contributed by atoms with Gasteiger partial charge in [0.25, 0.3) is 0 Å². The van der Waals surface area contributed by atoms with Gasteiger partial charge in [0.2, 0.25) is 0 Å². The van der Waals surface area contributed by atoms with Crippen LogP contribution in [0.5, 0.6) is 0 Å². The van der Waals surface area contributed by atoms with E-state index in [1.54, 1.807) is 0 Å². The summed E-state index contributed by atoms with van der Waals surface area (Å²) < 4.78 is 0. The third-order valence-corrected chi connectivity index (χ3v) is 3.12. The molecule has 20 heavy (non-hydrogen) atoms. The summed E-state index contributed by atoms with van der Waals surface area (Å²) >= 11 is 0. The molecule has 0 amide bonds. The average molecular weight is 272 g/mol. The predicted molar refractivity (Wildman–Crippen MR) is 84.4 cm³/mol. The fourth-order valence-electron chi connectivity index (χ4n) is 1.91. The van der Waals surface area contributed by atoms with Crippen molar-refractivity contribution in [3.05, 3.63) is 70.8 Å². The van der Waals surface area contributed by atoms with E-state index in [9.17, 15) is 0 Å². The molecule has 0 saturated heterocycles. The van der Waals surface area contributed by atoms with Crippen LogP contribution in [0.15, 0.2) is 48.5 Å². The first kappa shape index (κ1) is 16.3. The van der Waals surface area contributed by atoms with E-state index in [1.807, 2.05) is 48.5 Å². The van der Waals surface area contributed by atoms with Crippen LogP contribution in [0.2, 0.25) is 0 Å². The van der Waals surface area contributed by atoms with E-state index in [-0.39, 0.29) is 0 Å². The molecule has 0 aliphatic rings. The van der Waals surface area contributed by atoms with Crippen LogP contribution in [-0.2, 0) is 26.2 Å². The van der Waals surface area contributed by atoms with Crippen molar-refractivity contribution >= 4 is 0 Å². The summed E-state index contributed by atoms with van der Waals surface area (Å²) in [6, 6.07) is 15.9. The molecule has 2 aromatic carbocycles. The molecule has 0 saturated carbocycles. The third kappa shape index (κ3) is 4.75. The first-order chi connectivity index (χ1) is 9.76. The Morgan fingerprint density at radius 2 is 0.650 bits per heavy atom. The molecule has 0 aliphatic carbocycles. The molecule has 0 spiro atoms. The van der Waals surface area contributed by atoms with Crippen LogP contribution in [0, 0.1) is 0 Å². The Morgan fingerprint density at radius 1 is 0.450 bits per heavy atom. The Morgan fingerprint density at radius 3 is 0.800 bits per heavy atom. The molecule has 108 valence electrons. The molecule has 0 aliphatic heterocycles. The first-order valence-electron chi connectivity index (χ1n) is 6.70. The minimum Gasteiger partial charge on any atom is -0.326 e. The van der Waals surface area contributed by atoms with E-state index in [4.69, 9.17) is 22.9 Å². The van der Waals surface area contributed by atoms with Crippen LogP contribution < -0.4 is 22.9 Å². The third-order valence-electron chi connectivity index (χ3n) is 3.12. The van der Waals surface area contributed by atoms with Crippen molar-refractivity contribution in [3.8, 4) is 0 Å². The molecule has 0 atom stereocenters. The van der Waals surface area contributed by atoms with Gasteiger partial charge in [0.1, 0.15) is 0 Å². The van der Waals surface area contributed by atoms with Gasteiger partial charge in [-0.25, -0.2) is 0 Å². The molecule has 2 aromatic rings. The molecule has 4 nitrogen and oxygen atoms in total. The lowest BCUT2D eigenvalue weighted by molar-refractivity contribution is 0.980. The number of hydrogen-bond donors (Lipinski definition) is 4. The zero-order valence-electron chi connectivity index (χ0n) is 11.8. The highest BCUT2D eigenvalue weighted by Crippen LogP contribution is 2.06. The van der Waals surface area contributed by atoms with E-state index < -0.39 is 0 Å². The molecule has 0 aromatic heterocycles. The zero-order valence-corrected chi connectivity index (χ0v) is 11.8. The Kier molecular flexibility index (Phi) is 7.54. The normalized spacial score (nSPS) is 9.80. The number of rotatable bonds is 4. The molecule has 4 heteroatoms. The summed E-state index contributed by atoms with van der Waals surface area (Å²) in [6.07, 6.45) is 0. The molecule has 0 heterocycles. The summed E-state index contributed by atoms with van der Waals surface area (Å²) in [5.41, 5.74) is 26.5. The van der Waals surface area contributed by atoms with Crippen LogP contribution in [0.1, 0.15) is 22.3 Å². The molecular weight excluding hydrogens is 248 g/mol. The van der Waals surface area contributed by atoms with Crippen molar-refractivity contribution < 1.29 is 0 Å². The van der Waals surface area contributed by atoms with Gasteiger partial charge < -0.3 is 22.9 Å². The van der Waals surface area contributed by atoms with E-state index >= 15 is 0 Å². The fraction of sp³-hybridized carbons (Fsp3) is 0.250. The molecule has 0 fully saturated rings. The standard InChI is InChI=1S/2C8H12N2/c2*9-5-7-3-1-2-4-8(7)6-10/h2*1-4H,5-6,9-10H2. The smallest absolute Gasteiger partial charge is 0.0181 e. The minimum atomic E-state index is 0.577. The van der Waals surface area contributed by atoms with Crippen LogP contribution in [-0.4, -0.2) is 0 Å². The van der Waals surface area contributed by atoms with E-state index in [1.165, 1.54) is 0 Å². The van der Waals surface area contributed by atoms with E-state index in [0.29, 0.717) is 26.2 Å². The van der Waals surface area contributed by atoms with Crippen LogP contribution in [0.4, 0.5) is 0 Å². The van der Waals surface area contributed by atoms with Gasteiger partial charge in [-0.2, -0.15) is 0 Å². The number of benzene rings is 2. The lowest BCUT2D eigenvalue weighted by Crippen LogP contribution is -2.05. The molecular formula is C16H24N4. The summed E-state index contributed by atoms with van der Waals surface area (Å²) in [5, 5.41) is 0. The van der Waals surface area contributed by atoms with Gasteiger partial charge in [0.05, 0.1) is 0 Å². The SMILES string of the molecule is NCc1ccccc1CN.NCc1ccccc1CN. The Hall–Kier alpha value is -1.72.